The Kier molecular flexibility index (Phi) is 5.64. The third kappa shape index (κ3) is 4.41. The third-order valence-corrected chi connectivity index (χ3v) is 2.20. The van der Waals surface area contributed by atoms with Crippen molar-refractivity contribution in [2.45, 2.75) is 13.8 Å². The second-order valence-electron chi connectivity index (χ2n) is 3.72. The monoisotopic (exact) mass is 246 g/mol. The lowest BCUT2D eigenvalue weighted by molar-refractivity contribution is 0.113. The number of nitrogens with zero attached hydrogens (tertiary/aromatic N) is 2. The van der Waals surface area contributed by atoms with Crippen molar-refractivity contribution in [3.8, 4) is 0 Å². The molecule has 96 valence electrons. The minimum Gasteiger partial charge on any atom is -0.448 e. The Balaban J connectivity index is 2.73. The molecule has 0 atom stereocenters. The van der Waals surface area contributed by atoms with E-state index in [-0.39, 0.29) is 0 Å². The number of carbonyl (C=O) groups excluding carboxylic acids is 1. The number of aryl methyl sites for hydroxylation is 1. The van der Waals surface area contributed by atoms with Crippen LogP contribution in [0.4, 0.5) is 4.79 Å². The molecule has 0 aliphatic carbocycles. The van der Waals surface area contributed by atoms with Crippen LogP contribution < -0.4 is 0 Å². The van der Waals surface area contributed by atoms with Gasteiger partial charge in [0.2, 0.25) is 0 Å². The van der Waals surface area contributed by atoms with Crippen molar-refractivity contribution in [3.05, 3.63) is 48.0 Å². The van der Waals surface area contributed by atoms with Crippen LogP contribution in [0.2, 0.25) is 0 Å². The van der Waals surface area contributed by atoms with Gasteiger partial charge in [0.25, 0.3) is 0 Å². The molecule has 0 aliphatic rings. The van der Waals surface area contributed by atoms with Gasteiger partial charge in [0.05, 0.1) is 19.4 Å². The minimum atomic E-state index is -0.472. The first-order valence-electron chi connectivity index (χ1n) is 5.83. The molecular formula is C14H18N2O2. The standard InChI is InChI=1S/C14H18N2O2/c1-4-10-16(14(17)18-5-2)15-11-13-8-6-12(3)7-9-13/h4,6-9,11H,1,5,10H2,2-3H3/b15-11+. The maximum atomic E-state index is 11.6. The van der Waals surface area contributed by atoms with Gasteiger partial charge < -0.3 is 4.74 Å². The molecule has 0 aromatic heterocycles. The molecule has 1 aromatic carbocycles. The molecular weight excluding hydrogens is 228 g/mol. The first-order chi connectivity index (χ1) is 8.67. The molecule has 18 heavy (non-hydrogen) atoms. The summed E-state index contributed by atoms with van der Waals surface area (Å²) in [6.45, 7) is 8.01. The zero-order valence-corrected chi connectivity index (χ0v) is 10.8. The van der Waals surface area contributed by atoms with E-state index in [1.165, 1.54) is 10.6 Å². The van der Waals surface area contributed by atoms with E-state index >= 15 is 0 Å². The molecule has 1 rings (SSSR count). The topological polar surface area (TPSA) is 41.9 Å². The highest BCUT2D eigenvalue weighted by Gasteiger charge is 2.10. The molecule has 0 saturated carbocycles. The number of ether oxygens (including phenoxy) is 1. The lowest BCUT2D eigenvalue weighted by Gasteiger charge is -2.13. The van der Waals surface area contributed by atoms with Crippen LogP contribution >= 0.6 is 0 Å². The summed E-state index contributed by atoms with van der Waals surface area (Å²) in [5.41, 5.74) is 2.11. The van der Waals surface area contributed by atoms with E-state index in [1.54, 1.807) is 19.2 Å². The fraction of sp³-hybridized carbons (Fsp3) is 0.286. The van der Waals surface area contributed by atoms with Crippen LogP contribution in [-0.4, -0.2) is 30.5 Å². The van der Waals surface area contributed by atoms with Crippen molar-refractivity contribution in [2.75, 3.05) is 13.2 Å². The number of amides is 1. The van der Waals surface area contributed by atoms with Gasteiger partial charge in [-0.1, -0.05) is 35.9 Å². The smallest absolute Gasteiger partial charge is 0.430 e. The summed E-state index contributed by atoms with van der Waals surface area (Å²) in [4.78, 5) is 11.6. The van der Waals surface area contributed by atoms with E-state index in [0.717, 1.165) is 5.56 Å². The summed E-state index contributed by atoms with van der Waals surface area (Å²) in [7, 11) is 0. The molecule has 0 heterocycles. The summed E-state index contributed by atoms with van der Waals surface area (Å²) in [6, 6.07) is 7.86. The lowest BCUT2D eigenvalue weighted by atomic mass is 10.2. The van der Waals surface area contributed by atoms with Crippen LogP contribution in [0.15, 0.2) is 42.0 Å². The number of hydrazone groups is 1. The number of hydrogen-bond acceptors (Lipinski definition) is 3. The van der Waals surface area contributed by atoms with Crippen LogP contribution in [0.3, 0.4) is 0 Å². The van der Waals surface area contributed by atoms with Crippen LogP contribution in [0.25, 0.3) is 0 Å². The average Bonchev–Trinajstić information content (AvgIpc) is 2.36. The Morgan fingerprint density at radius 2 is 2.11 bits per heavy atom. The molecule has 1 aromatic rings. The minimum absolute atomic E-state index is 0.321. The molecule has 1 amide bonds. The quantitative estimate of drug-likeness (QED) is 0.455. The third-order valence-electron chi connectivity index (χ3n) is 2.20. The van der Waals surface area contributed by atoms with Crippen molar-refractivity contribution in [1.82, 2.24) is 5.01 Å². The largest absolute Gasteiger partial charge is 0.448 e. The van der Waals surface area contributed by atoms with E-state index in [4.69, 9.17) is 4.74 Å². The van der Waals surface area contributed by atoms with Gasteiger partial charge in [0.1, 0.15) is 0 Å². The fourth-order valence-electron chi connectivity index (χ4n) is 1.28. The van der Waals surface area contributed by atoms with Crippen molar-refractivity contribution in [3.63, 3.8) is 0 Å². The number of rotatable bonds is 5. The predicted octanol–water partition coefficient (Wildman–Crippen LogP) is 2.97. The van der Waals surface area contributed by atoms with Crippen molar-refractivity contribution in [1.29, 1.82) is 0 Å². The molecule has 4 nitrogen and oxygen atoms in total. The molecule has 4 heteroatoms. The summed E-state index contributed by atoms with van der Waals surface area (Å²) >= 11 is 0. The van der Waals surface area contributed by atoms with Crippen LogP contribution in [0.1, 0.15) is 18.1 Å². The van der Waals surface area contributed by atoms with Crippen LogP contribution in [-0.2, 0) is 4.74 Å². The van der Waals surface area contributed by atoms with Gasteiger partial charge >= 0.3 is 6.09 Å². The predicted molar refractivity (Wildman–Crippen MR) is 72.7 cm³/mol. The number of hydrogen-bond donors (Lipinski definition) is 0. The Bertz CT molecular complexity index is 424. The van der Waals surface area contributed by atoms with Gasteiger partial charge in [-0.15, -0.1) is 6.58 Å². The molecule has 0 radical (unpaired) electrons. The average molecular weight is 246 g/mol. The Morgan fingerprint density at radius 3 is 2.67 bits per heavy atom. The Morgan fingerprint density at radius 1 is 1.44 bits per heavy atom. The molecule has 0 aliphatic heterocycles. The van der Waals surface area contributed by atoms with Crippen LogP contribution in [0, 0.1) is 6.92 Å². The summed E-state index contributed by atoms with van der Waals surface area (Å²) in [6.07, 6.45) is 2.75. The van der Waals surface area contributed by atoms with Gasteiger partial charge in [-0.3, -0.25) is 0 Å². The van der Waals surface area contributed by atoms with Crippen molar-refractivity contribution < 1.29 is 9.53 Å². The zero-order chi connectivity index (χ0) is 13.4. The van der Waals surface area contributed by atoms with E-state index < -0.39 is 6.09 Å². The highest BCUT2D eigenvalue weighted by Crippen LogP contribution is 2.02. The molecule has 0 N–H and O–H groups in total. The van der Waals surface area contributed by atoms with Gasteiger partial charge in [0, 0.05) is 0 Å². The number of carbonyl (C=O) groups is 1. The normalized spacial score (nSPS) is 10.3. The van der Waals surface area contributed by atoms with Crippen molar-refractivity contribution in [2.24, 2.45) is 5.10 Å². The molecule has 0 unspecified atom stereocenters. The molecule has 0 saturated heterocycles. The molecule has 0 spiro atoms. The lowest BCUT2D eigenvalue weighted by Crippen LogP contribution is -2.26. The van der Waals surface area contributed by atoms with Crippen LogP contribution in [0.5, 0.6) is 0 Å². The SMILES string of the molecule is C=CCN(/N=C/c1ccc(C)cc1)C(=O)OCC. The number of benzene rings is 1. The fourth-order valence-corrected chi connectivity index (χ4v) is 1.28. The first-order valence-corrected chi connectivity index (χ1v) is 5.83. The highest BCUT2D eigenvalue weighted by molar-refractivity contribution is 5.80. The van der Waals surface area contributed by atoms with E-state index in [2.05, 4.69) is 11.7 Å². The molecule has 0 bridgehead atoms. The van der Waals surface area contributed by atoms with Gasteiger partial charge in [-0.25, -0.2) is 4.79 Å². The van der Waals surface area contributed by atoms with E-state index in [9.17, 15) is 4.79 Å². The van der Waals surface area contributed by atoms with E-state index in [0.29, 0.717) is 13.2 Å². The maximum Gasteiger partial charge on any atom is 0.430 e. The second-order valence-corrected chi connectivity index (χ2v) is 3.72. The Labute approximate surface area is 108 Å². The maximum absolute atomic E-state index is 11.6. The van der Waals surface area contributed by atoms with Gasteiger partial charge in [-0.2, -0.15) is 10.1 Å². The first kappa shape index (κ1) is 14.0. The summed E-state index contributed by atoms with van der Waals surface area (Å²) in [5, 5.41) is 5.33. The molecule has 0 fully saturated rings. The Hall–Kier alpha value is -2.10. The summed E-state index contributed by atoms with van der Waals surface area (Å²) < 4.78 is 4.89. The van der Waals surface area contributed by atoms with E-state index in [1.807, 2.05) is 31.2 Å². The zero-order valence-electron chi connectivity index (χ0n) is 10.8. The summed E-state index contributed by atoms with van der Waals surface area (Å²) in [5.74, 6) is 0. The highest BCUT2D eigenvalue weighted by atomic mass is 16.6. The van der Waals surface area contributed by atoms with Gasteiger partial charge in [0.15, 0.2) is 0 Å². The second kappa shape index (κ2) is 7.27. The van der Waals surface area contributed by atoms with Gasteiger partial charge in [-0.05, 0) is 19.4 Å². The van der Waals surface area contributed by atoms with Crippen molar-refractivity contribution >= 4 is 12.3 Å².